The number of nitrogens with zero attached hydrogens (tertiary/aromatic N) is 2. The Bertz CT molecular complexity index is 318. The van der Waals surface area contributed by atoms with E-state index < -0.39 is 0 Å². The fraction of sp³-hybridized carbons (Fsp3) is 0.750. The summed E-state index contributed by atoms with van der Waals surface area (Å²) in [6.45, 7) is 8.98. The Hall–Kier alpha value is -0.450. The fourth-order valence-electron chi connectivity index (χ4n) is 2.10. The van der Waals surface area contributed by atoms with Crippen LogP contribution in [0.4, 0.5) is 0 Å². The van der Waals surface area contributed by atoms with E-state index in [-0.39, 0.29) is 0 Å². The lowest BCUT2D eigenvalue weighted by molar-refractivity contribution is 0.183. The van der Waals surface area contributed by atoms with E-state index >= 15 is 0 Å². The Balaban J connectivity index is 1.98. The van der Waals surface area contributed by atoms with Gasteiger partial charge in [0.2, 0.25) is 0 Å². The molecule has 1 atom stereocenters. The molecule has 1 N–H and O–H groups in total. The molecular formula is C12H21N3S. The lowest BCUT2D eigenvalue weighted by Crippen LogP contribution is -2.44. The van der Waals surface area contributed by atoms with Gasteiger partial charge in [0.05, 0.1) is 16.7 Å². The van der Waals surface area contributed by atoms with Crippen molar-refractivity contribution in [1.29, 1.82) is 0 Å². The van der Waals surface area contributed by atoms with Crippen LogP contribution in [-0.4, -0.2) is 36.1 Å². The maximum Gasteiger partial charge on any atom is 0.0928 e. The van der Waals surface area contributed by atoms with Crippen molar-refractivity contribution in [2.24, 2.45) is 0 Å². The van der Waals surface area contributed by atoms with E-state index in [4.69, 9.17) is 4.98 Å². The van der Waals surface area contributed by atoms with E-state index in [9.17, 15) is 0 Å². The fourth-order valence-corrected chi connectivity index (χ4v) is 3.09. The summed E-state index contributed by atoms with van der Waals surface area (Å²) in [5.41, 5.74) is 1.26. The van der Waals surface area contributed by atoms with E-state index in [0.29, 0.717) is 6.04 Å². The second-order valence-electron chi connectivity index (χ2n) is 4.38. The molecule has 1 aromatic heterocycles. The molecule has 2 rings (SSSR count). The van der Waals surface area contributed by atoms with Gasteiger partial charge in [-0.15, -0.1) is 11.3 Å². The average molecular weight is 239 g/mol. The first-order valence-electron chi connectivity index (χ1n) is 6.20. The average Bonchev–Trinajstić information content (AvgIpc) is 2.78. The van der Waals surface area contributed by atoms with Crippen molar-refractivity contribution in [2.45, 2.75) is 32.7 Å². The number of hydrogen-bond acceptors (Lipinski definition) is 4. The van der Waals surface area contributed by atoms with Crippen molar-refractivity contribution in [1.82, 2.24) is 15.2 Å². The first kappa shape index (κ1) is 12.0. The Labute approximate surface area is 102 Å². The van der Waals surface area contributed by atoms with Gasteiger partial charge in [0, 0.05) is 31.6 Å². The quantitative estimate of drug-likeness (QED) is 0.872. The van der Waals surface area contributed by atoms with Crippen molar-refractivity contribution in [3.05, 3.63) is 16.1 Å². The van der Waals surface area contributed by atoms with Gasteiger partial charge >= 0.3 is 0 Å². The summed E-state index contributed by atoms with van der Waals surface area (Å²) in [5.74, 6) is 0. The summed E-state index contributed by atoms with van der Waals surface area (Å²) >= 11 is 1.81. The lowest BCUT2D eigenvalue weighted by Gasteiger charge is -2.31. The smallest absolute Gasteiger partial charge is 0.0928 e. The highest BCUT2D eigenvalue weighted by molar-refractivity contribution is 7.09. The second kappa shape index (κ2) is 5.75. The normalized spacial score (nSPS) is 19.9. The van der Waals surface area contributed by atoms with Gasteiger partial charge in [0.25, 0.3) is 0 Å². The number of rotatable bonds is 4. The van der Waals surface area contributed by atoms with Gasteiger partial charge in [-0.05, 0) is 19.8 Å². The molecule has 1 unspecified atom stereocenters. The number of hydrogen-bond donors (Lipinski definition) is 1. The van der Waals surface area contributed by atoms with E-state index in [1.54, 1.807) is 0 Å². The van der Waals surface area contributed by atoms with Crippen molar-refractivity contribution in [3.63, 3.8) is 0 Å². The van der Waals surface area contributed by atoms with Gasteiger partial charge in [0.15, 0.2) is 0 Å². The molecule has 4 heteroatoms. The predicted molar refractivity (Wildman–Crippen MR) is 69.0 cm³/mol. The van der Waals surface area contributed by atoms with Gasteiger partial charge < -0.3 is 5.32 Å². The monoisotopic (exact) mass is 239 g/mol. The number of aromatic nitrogens is 1. The van der Waals surface area contributed by atoms with Crippen LogP contribution in [0.15, 0.2) is 5.38 Å². The van der Waals surface area contributed by atoms with Gasteiger partial charge in [-0.25, -0.2) is 4.98 Å². The standard InChI is InChI=1S/C12H21N3S/c1-3-4-12-14-11(9-16-12)10(2)15-7-5-13-6-8-15/h9-10,13H,3-8H2,1-2H3. The van der Waals surface area contributed by atoms with Gasteiger partial charge in [-0.2, -0.15) is 0 Å². The SMILES string of the molecule is CCCc1nc(C(C)N2CCNCC2)cs1. The van der Waals surface area contributed by atoms with Crippen molar-refractivity contribution >= 4 is 11.3 Å². The molecule has 1 saturated heterocycles. The molecule has 1 fully saturated rings. The minimum absolute atomic E-state index is 0.476. The number of piperazine rings is 1. The third kappa shape index (κ3) is 2.81. The Morgan fingerprint density at radius 2 is 2.25 bits per heavy atom. The van der Waals surface area contributed by atoms with Gasteiger partial charge in [-0.3, -0.25) is 4.90 Å². The Morgan fingerprint density at radius 3 is 2.94 bits per heavy atom. The van der Waals surface area contributed by atoms with Gasteiger partial charge in [0.1, 0.15) is 0 Å². The highest BCUT2D eigenvalue weighted by Gasteiger charge is 2.19. The van der Waals surface area contributed by atoms with E-state index in [1.165, 1.54) is 17.1 Å². The molecule has 0 spiro atoms. The third-order valence-electron chi connectivity index (χ3n) is 3.16. The molecule has 0 amide bonds. The van der Waals surface area contributed by atoms with Gasteiger partial charge in [-0.1, -0.05) is 6.92 Å². The maximum absolute atomic E-state index is 4.73. The molecule has 90 valence electrons. The highest BCUT2D eigenvalue weighted by Crippen LogP contribution is 2.22. The Morgan fingerprint density at radius 1 is 1.50 bits per heavy atom. The second-order valence-corrected chi connectivity index (χ2v) is 5.32. The summed E-state index contributed by atoms with van der Waals surface area (Å²) in [7, 11) is 0. The van der Waals surface area contributed by atoms with Crippen LogP contribution in [0.2, 0.25) is 0 Å². The first-order valence-corrected chi connectivity index (χ1v) is 7.08. The predicted octanol–water partition coefficient (Wildman–Crippen LogP) is 2.06. The molecule has 16 heavy (non-hydrogen) atoms. The number of nitrogens with one attached hydrogen (secondary N) is 1. The molecule has 2 heterocycles. The van der Waals surface area contributed by atoms with E-state index in [2.05, 4.69) is 29.4 Å². The van der Waals surface area contributed by atoms with Crippen LogP contribution in [-0.2, 0) is 6.42 Å². The Kier molecular flexibility index (Phi) is 4.32. The topological polar surface area (TPSA) is 28.2 Å². The molecule has 1 aliphatic rings. The molecule has 1 aliphatic heterocycles. The lowest BCUT2D eigenvalue weighted by atomic mass is 10.2. The molecule has 1 aromatic rings. The molecular weight excluding hydrogens is 218 g/mol. The van der Waals surface area contributed by atoms with E-state index in [1.807, 2.05) is 11.3 Å². The van der Waals surface area contributed by atoms with Crippen LogP contribution in [0.25, 0.3) is 0 Å². The summed E-state index contributed by atoms with van der Waals surface area (Å²) < 4.78 is 0. The molecule has 0 radical (unpaired) electrons. The number of thiazole rings is 1. The summed E-state index contributed by atoms with van der Waals surface area (Å²) in [5, 5.41) is 6.91. The van der Waals surface area contributed by atoms with Crippen molar-refractivity contribution in [2.75, 3.05) is 26.2 Å². The van der Waals surface area contributed by atoms with Crippen molar-refractivity contribution < 1.29 is 0 Å². The summed E-state index contributed by atoms with van der Waals surface area (Å²) in [6, 6.07) is 0.476. The summed E-state index contributed by atoms with van der Waals surface area (Å²) in [6.07, 6.45) is 2.31. The van der Waals surface area contributed by atoms with Crippen LogP contribution < -0.4 is 5.32 Å². The molecule has 0 aromatic carbocycles. The zero-order chi connectivity index (χ0) is 11.4. The largest absolute Gasteiger partial charge is 0.314 e. The first-order chi connectivity index (χ1) is 7.81. The molecule has 0 bridgehead atoms. The molecule has 0 saturated carbocycles. The highest BCUT2D eigenvalue weighted by atomic mass is 32.1. The van der Waals surface area contributed by atoms with Crippen LogP contribution in [0.1, 0.15) is 37.0 Å². The van der Waals surface area contributed by atoms with Crippen molar-refractivity contribution in [3.8, 4) is 0 Å². The molecule has 3 nitrogen and oxygen atoms in total. The maximum atomic E-state index is 4.73. The third-order valence-corrected chi connectivity index (χ3v) is 4.09. The zero-order valence-corrected chi connectivity index (χ0v) is 11.0. The van der Waals surface area contributed by atoms with E-state index in [0.717, 1.165) is 32.6 Å². The van der Waals surface area contributed by atoms with Crippen LogP contribution in [0.5, 0.6) is 0 Å². The van der Waals surface area contributed by atoms with Crippen LogP contribution >= 0.6 is 11.3 Å². The summed E-state index contributed by atoms with van der Waals surface area (Å²) in [4.78, 5) is 7.25. The zero-order valence-electron chi connectivity index (χ0n) is 10.2. The van der Waals surface area contributed by atoms with Crippen LogP contribution in [0.3, 0.4) is 0 Å². The minimum atomic E-state index is 0.476. The van der Waals surface area contributed by atoms with Crippen LogP contribution in [0, 0.1) is 0 Å². The molecule has 0 aliphatic carbocycles. The minimum Gasteiger partial charge on any atom is -0.314 e. The number of aryl methyl sites for hydroxylation is 1.